The molecule has 3 nitrogen and oxygen atoms in total. The summed E-state index contributed by atoms with van der Waals surface area (Å²) in [6, 6.07) is 7.71. The maximum absolute atomic E-state index is 12.7. The van der Waals surface area contributed by atoms with E-state index in [0.717, 1.165) is 55.2 Å². The molecule has 0 atom stereocenters. The quantitative estimate of drug-likeness (QED) is 0.636. The monoisotopic (exact) mass is 355 g/mol. The van der Waals surface area contributed by atoms with Crippen LogP contribution in [0.1, 0.15) is 39.5 Å². The number of esters is 1. The van der Waals surface area contributed by atoms with Crippen LogP contribution in [0.5, 0.6) is 0 Å². The molecule has 0 N–H and O–H groups in total. The van der Waals surface area contributed by atoms with Crippen molar-refractivity contribution in [2.45, 2.75) is 49.2 Å². The molecule has 2 rings (SSSR count). The molecular formula is C18H26ClNO2S. The van der Waals surface area contributed by atoms with Gasteiger partial charge in [0.25, 0.3) is 0 Å². The molecule has 1 aromatic carbocycles. The third kappa shape index (κ3) is 5.13. The zero-order valence-corrected chi connectivity index (χ0v) is 15.6. The Bertz CT molecular complexity index is 496. The molecule has 1 saturated carbocycles. The number of rotatable bonds is 8. The molecule has 0 aliphatic heterocycles. The maximum atomic E-state index is 12.7. The van der Waals surface area contributed by atoms with Crippen molar-refractivity contribution in [2.75, 3.05) is 26.2 Å². The molecule has 0 amide bonds. The highest BCUT2D eigenvalue weighted by molar-refractivity contribution is 8.01. The zero-order chi connectivity index (χ0) is 16.7. The SMILES string of the molecule is CCN(CC)CCOC(=O)C1(Sc2ccc(Cl)cc2)CCCC1. The van der Waals surface area contributed by atoms with Crippen LogP contribution in [0.15, 0.2) is 29.2 Å². The lowest BCUT2D eigenvalue weighted by Gasteiger charge is -2.27. The van der Waals surface area contributed by atoms with Crippen molar-refractivity contribution in [2.24, 2.45) is 0 Å². The second-order valence-electron chi connectivity index (χ2n) is 5.92. The Kier molecular flexibility index (Phi) is 7.25. The summed E-state index contributed by atoms with van der Waals surface area (Å²) in [6.07, 6.45) is 3.96. The molecule has 0 radical (unpaired) electrons. The molecule has 0 unspecified atom stereocenters. The average molecular weight is 356 g/mol. The van der Waals surface area contributed by atoms with Crippen LogP contribution in [0.3, 0.4) is 0 Å². The van der Waals surface area contributed by atoms with Crippen molar-refractivity contribution in [3.05, 3.63) is 29.3 Å². The normalized spacial score (nSPS) is 16.7. The fourth-order valence-electron chi connectivity index (χ4n) is 2.96. The summed E-state index contributed by atoms with van der Waals surface area (Å²) in [5.74, 6) is -0.0536. The number of hydrogen-bond acceptors (Lipinski definition) is 4. The highest BCUT2D eigenvalue weighted by atomic mass is 35.5. The summed E-state index contributed by atoms with van der Waals surface area (Å²) in [5, 5.41) is 0.719. The first-order valence-electron chi connectivity index (χ1n) is 8.44. The zero-order valence-electron chi connectivity index (χ0n) is 14.0. The van der Waals surface area contributed by atoms with E-state index in [-0.39, 0.29) is 5.97 Å². The van der Waals surface area contributed by atoms with Crippen LogP contribution < -0.4 is 0 Å². The molecule has 5 heteroatoms. The highest BCUT2D eigenvalue weighted by Crippen LogP contribution is 2.46. The van der Waals surface area contributed by atoms with Gasteiger partial charge in [-0.2, -0.15) is 0 Å². The van der Waals surface area contributed by atoms with Gasteiger partial charge in [0.05, 0.1) is 0 Å². The minimum atomic E-state index is -0.420. The molecule has 1 aliphatic rings. The molecule has 0 aromatic heterocycles. The average Bonchev–Trinajstić information content (AvgIpc) is 3.03. The minimum absolute atomic E-state index is 0.0536. The van der Waals surface area contributed by atoms with Crippen molar-refractivity contribution < 1.29 is 9.53 Å². The van der Waals surface area contributed by atoms with E-state index in [1.807, 2.05) is 24.3 Å². The summed E-state index contributed by atoms with van der Waals surface area (Å²) in [5.41, 5.74) is 0. The van der Waals surface area contributed by atoms with Gasteiger partial charge >= 0.3 is 5.97 Å². The smallest absolute Gasteiger partial charge is 0.322 e. The van der Waals surface area contributed by atoms with Gasteiger partial charge in [-0.15, -0.1) is 11.8 Å². The summed E-state index contributed by atoms with van der Waals surface area (Å²) in [7, 11) is 0. The summed E-state index contributed by atoms with van der Waals surface area (Å²) < 4.78 is 5.21. The van der Waals surface area contributed by atoms with Gasteiger partial charge in [0.15, 0.2) is 0 Å². The number of hydrogen-bond donors (Lipinski definition) is 0. The van der Waals surface area contributed by atoms with E-state index < -0.39 is 4.75 Å². The Morgan fingerprint density at radius 1 is 1.22 bits per heavy atom. The van der Waals surface area contributed by atoms with Gasteiger partial charge in [-0.05, 0) is 50.2 Å². The molecule has 1 aromatic rings. The predicted molar refractivity (Wildman–Crippen MR) is 97.3 cm³/mol. The fraction of sp³-hybridized carbons (Fsp3) is 0.611. The molecule has 0 bridgehead atoms. The largest absolute Gasteiger partial charge is 0.463 e. The first kappa shape index (κ1) is 18.6. The fourth-order valence-corrected chi connectivity index (χ4v) is 4.45. The number of likely N-dealkylation sites (N-methyl/N-ethyl adjacent to an activating group) is 1. The number of thioether (sulfide) groups is 1. The molecule has 128 valence electrons. The molecule has 0 spiro atoms. The van der Waals surface area contributed by atoms with Crippen LogP contribution >= 0.6 is 23.4 Å². The van der Waals surface area contributed by atoms with Crippen LogP contribution in [0.25, 0.3) is 0 Å². The molecule has 1 aliphatic carbocycles. The van der Waals surface area contributed by atoms with E-state index in [2.05, 4.69) is 18.7 Å². The lowest BCUT2D eigenvalue weighted by Crippen LogP contribution is -2.36. The van der Waals surface area contributed by atoms with Crippen LogP contribution in [0.4, 0.5) is 0 Å². The number of carbonyl (C=O) groups excluding carboxylic acids is 1. The number of benzene rings is 1. The number of halogens is 1. The highest BCUT2D eigenvalue weighted by Gasteiger charge is 2.43. The van der Waals surface area contributed by atoms with Gasteiger partial charge in [0, 0.05) is 16.5 Å². The second-order valence-corrected chi connectivity index (χ2v) is 7.81. The third-order valence-electron chi connectivity index (χ3n) is 4.45. The van der Waals surface area contributed by atoms with Crippen LogP contribution in [-0.4, -0.2) is 41.9 Å². The Balaban J connectivity index is 1.96. The van der Waals surface area contributed by atoms with E-state index in [0.29, 0.717) is 6.61 Å². The lowest BCUT2D eigenvalue weighted by atomic mass is 10.1. The van der Waals surface area contributed by atoms with Gasteiger partial charge in [-0.25, -0.2) is 0 Å². The van der Waals surface area contributed by atoms with E-state index in [1.54, 1.807) is 11.8 Å². The van der Waals surface area contributed by atoms with E-state index >= 15 is 0 Å². The van der Waals surface area contributed by atoms with E-state index in [4.69, 9.17) is 16.3 Å². The van der Waals surface area contributed by atoms with Gasteiger partial charge < -0.3 is 9.64 Å². The predicted octanol–water partition coefficient (Wildman–Crippen LogP) is 4.63. The van der Waals surface area contributed by atoms with Gasteiger partial charge in [-0.3, -0.25) is 4.79 Å². The van der Waals surface area contributed by atoms with E-state index in [9.17, 15) is 4.79 Å². The Morgan fingerprint density at radius 2 is 1.83 bits per heavy atom. The molecule has 1 fully saturated rings. The van der Waals surface area contributed by atoms with E-state index in [1.165, 1.54) is 0 Å². The molecule has 0 saturated heterocycles. The molecule has 0 heterocycles. The first-order chi connectivity index (χ1) is 11.1. The topological polar surface area (TPSA) is 29.5 Å². The van der Waals surface area contributed by atoms with Crippen LogP contribution in [0, 0.1) is 0 Å². The Labute approximate surface area is 148 Å². The summed E-state index contributed by atoms with van der Waals surface area (Å²) in [6.45, 7) is 7.50. The summed E-state index contributed by atoms with van der Waals surface area (Å²) in [4.78, 5) is 16.1. The van der Waals surface area contributed by atoms with Gasteiger partial charge in [0.1, 0.15) is 11.4 Å². The van der Waals surface area contributed by atoms with Crippen LogP contribution in [0.2, 0.25) is 5.02 Å². The van der Waals surface area contributed by atoms with Gasteiger partial charge in [0.2, 0.25) is 0 Å². The number of ether oxygens (including phenoxy) is 1. The van der Waals surface area contributed by atoms with Crippen molar-refractivity contribution in [1.29, 1.82) is 0 Å². The number of carbonyl (C=O) groups is 1. The standard InChI is InChI=1S/C18H26ClNO2S/c1-3-20(4-2)13-14-22-17(21)18(11-5-6-12-18)23-16-9-7-15(19)8-10-16/h7-10H,3-6,11-14H2,1-2H3. The Morgan fingerprint density at radius 3 is 2.39 bits per heavy atom. The van der Waals surface area contributed by atoms with Crippen molar-refractivity contribution in [3.63, 3.8) is 0 Å². The second kappa shape index (κ2) is 8.95. The lowest BCUT2D eigenvalue weighted by molar-refractivity contribution is -0.146. The Hall–Kier alpha value is -0.710. The minimum Gasteiger partial charge on any atom is -0.463 e. The first-order valence-corrected chi connectivity index (χ1v) is 9.63. The molecule has 23 heavy (non-hydrogen) atoms. The number of nitrogens with zero attached hydrogens (tertiary/aromatic N) is 1. The van der Waals surface area contributed by atoms with Crippen molar-refractivity contribution in [3.8, 4) is 0 Å². The van der Waals surface area contributed by atoms with Crippen molar-refractivity contribution in [1.82, 2.24) is 4.90 Å². The van der Waals surface area contributed by atoms with Gasteiger partial charge in [-0.1, -0.05) is 38.3 Å². The van der Waals surface area contributed by atoms with Crippen molar-refractivity contribution >= 4 is 29.3 Å². The molecular weight excluding hydrogens is 330 g/mol. The summed E-state index contributed by atoms with van der Waals surface area (Å²) >= 11 is 7.58. The van der Waals surface area contributed by atoms with Crippen LogP contribution in [-0.2, 0) is 9.53 Å². The maximum Gasteiger partial charge on any atom is 0.322 e. The third-order valence-corrected chi connectivity index (χ3v) is 6.17.